The Kier molecular flexibility index (Phi) is 5.43. The van der Waals surface area contributed by atoms with Crippen LogP contribution >= 0.6 is 0 Å². The number of benzene rings is 2. The molecule has 0 aliphatic heterocycles. The largest absolute Gasteiger partial charge is 0.462 e. The van der Waals surface area contributed by atoms with E-state index in [0.29, 0.717) is 29.4 Å². The number of carbonyl (C=O) groups excluding carboxylic acids is 1. The van der Waals surface area contributed by atoms with Gasteiger partial charge in [-0.2, -0.15) is 0 Å². The summed E-state index contributed by atoms with van der Waals surface area (Å²) >= 11 is 0. The highest BCUT2D eigenvalue weighted by Crippen LogP contribution is 2.22. The van der Waals surface area contributed by atoms with Gasteiger partial charge in [-0.05, 0) is 24.6 Å². The summed E-state index contributed by atoms with van der Waals surface area (Å²) in [7, 11) is 0. The van der Waals surface area contributed by atoms with Crippen LogP contribution in [0.15, 0.2) is 60.8 Å². The fraction of sp³-hybridized carbons (Fsp3) is 0.150. The molecule has 3 aromatic rings. The Morgan fingerprint density at radius 2 is 1.96 bits per heavy atom. The van der Waals surface area contributed by atoms with Crippen molar-refractivity contribution in [2.45, 2.75) is 13.5 Å². The van der Waals surface area contributed by atoms with Crippen molar-refractivity contribution >= 4 is 17.5 Å². The van der Waals surface area contributed by atoms with E-state index in [9.17, 15) is 4.79 Å². The third-order valence-corrected chi connectivity index (χ3v) is 3.73. The average Bonchev–Trinajstić information content (AvgIpc) is 2.67. The van der Waals surface area contributed by atoms with Crippen molar-refractivity contribution in [1.29, 1.82) is 0 Å². The van der Waals surface area contributed by atoms with E-state index in [-0.39, 0.29) is 6.61 Å². The van der Waals surface area contributed by atoms with Crippen molar-refractivity contribution < 1.29 is 9.53 Å². The molecule has 0 aliphatic rings. The van der Waals surface area contributed by atoms with Crippen molar-refractivity contribution in [3.63, 3.8) is 0 Å². The molecule has 6 heteroatoms. The summed E-state index contributed by atoms with van der Waals surface area (Å²) in [5, 5.41) is 3.21. The van der Waals surface area contributed by atoms with Gasteiger partial charge >= 0.3 is 5.97 Å². The van der Waals surface area contributed by atoms with E-state index in [1.165, 1.54) is 6.20 Å². The highest BCUT2D eigenvalue weighted by molar-refractivity contribution is 5.94. The maximum Gasteiger partial charge on any atom is 0.343 e. The number of esters is 1. The molecule has 0 radical (unpaired) electrons. The minimum absolute atomic E-state index is 0.286. The van der Waals surface area contributed by atoms with Gasteiger partial charge in [-0.15, -0.1) is 0 Å². The molecule has 1 heterocycles. The van der Waals surface area contributed by atoms with Crippen LogP contribution in [0.5, 0.6) is 0 Å². The number of hydrogen-bond acceptors (Lipinski definition) is 6. The lowest BCUT2D eigenvalue weighted by Gasteiger charge is -2.12. The first kappa shape index (κ1) is 17.4. The van der Waals surface area contributed by atoms with E-state index in [4.69, 9.17) is 10.5 Å². The molecule has 0 unspecified atom stereocenters. The summed E-state index contributed by atoms with van der Waals surface area (Å²) in [4.78, 5) is 21.0. The van der Waals surface area contributed by atoms with Gasteiger partial charge in [0, 0.05) is 24.0 Å². The molecule has 1 aromatic heterocycles. The predicted octanol–water partition coefficient (Wildman–Crippen LogP) is 3.51. The molecule has 132 valence electrons. The van der Waals surface area contributed by atoms with Crippen LogP contribution in [0.4, 0.5) is 11.5 Å². The van der Waals surface area contributed by atoms with Crippen molar-refractivity contribution in [2.24, 2.45) is 0 Å². The van der Waals surface area contributed by atoms with E-state index in [0.717, 1.165) is 11.1 Å². The first-order chi connectivity index (χ1) is 12.7. The smallest absolute Gasteiger partial charge is 0.343 e. The van der Waals surface area contributed by atoms with Gasteiger partial charge in [0.25, 0.3) is 0 Å². The fourth-order valence-electron chi connectivity index (χ4n) is 2.47. The molecule has 6 nitrogen and oxygen atoms in total. The van der Waals surface area contributed by atoms with Crippen molar-refractivity contribution in [3.05, 3.63) is 71.9 Å². The summed E-state index contributed by atoms with van der Waals surface area (Å²) < 4.78 is 5.11. The number of nitrogen functional groups attached to an aromatic ring is 1. The summed E-state index contributed by atoms with van der Waals surface area (Å²) in [5.74, 6) is 0.461. The number of rotatable bonds is 6. The molecule has 3 N–H and O–H groups in total. The maximum atomic E-state index is 12.2. The van der Waals surface area contributed by atoms with Crippen LogP contribution in [0.25, 0.3) is 11.4 Å². The third-order valence-electron chi connectivity index (χ3n) is 3.73. The maximum absolute atomic E-state index is 12.2. The van der Waals surface area contributed by atoms with Crippen LogP contribution in [0.3, 0.4) is 0 Å². The van der Waals surface area contributed by atoms with Crippen LogP contribution in [0.2, 0.25) is 0 Å². The molecule has 0 spiro atoms. The van der Waals surface area contributed by atoms with Gasteiger partial charge in [0.15, 0.2) is 5.82 Å². The number of nitrogens with two attached hydrogens (primary N) is 1. The van der Waals surface area contributed by atoms with Crippen LogP contribution in [0.1, 0.15) is 22.8 Å². The Balaban J connectivity index is 1.93. The zero-order valence-electron chi connectivity index (χ0n) is 14.5. The van der Waals surface area contributed by atoms with Crippen molar-refractivity contribution in [2.75, 3.05) is 17.7 Å². The second-order valence-corrected chi connectivity index (χ2v) is 5.64. The first-order valence-corrected chi connectivity index (χ1v) is 8.35. The van der Waals surface area contributed by atoms with Gasteiger partial charge in [-0.3, -0.25) is 0 Å². The minimum Gasteiger partial charge on any atom is -0.462 e. The predicted molar refractivity (Wildman–Crippen MR) is 102 cm³/mol. The SMILES string of the molecule is CCOC(=O)c1cnc(-c2cccc(N)c2)nc1NCc1ccccc1. The molecule has 26 heavy (non-hydrogen) atoms. The molecule has 3 rings (SSSR count). The minimum atomic E-state index is -0.456. The van der Waals surface area contributed by atoms with Gasteiger partial charge in [-0.25, -0.2) is 14.8 Å². The Bertz CT molecular complexity index is 897. The van der Waals surface area contributed by atoms with Crippen LogP contribution < -0.4 is 11.1 Å². The van der Waals surface area contributed by atoms with Gasteiger partial charge < -0.3 is 15.8 Å². The zero-order valence-corrected chi connectivity index (χ0v) is 14.5. The molecule has 0 fully saturated rings. The van der Waals surface area contributed by atoms with Crippen LogP contribution in [-0.4, -0.2) is 22.5 Å². The zero-order chi connectivity index (χ0) is 18.4. The van der Waals surface area contributed by atoms with Gasteiger partial charge in [0.05, 0.1) is 6.61 Å². The van der Waals surface area contributed by atoms with Crippen LogP contribution in [0, 0.1) is 0 Å². The number of nitrogens with one attached hydrogen (secondary N) is 1. The number of aromatic nitrogens is 2. The molecule has 0 amide bonds. The number of hydrogen-bond donors (Lipinski definition) is 2. The molecule has 2 aromatic carbocycles. The number of ether oxygens (including phenoxy) is 1. The molecule has 0 aliphatic carbocycles. The number of nitrogens with zero attached hydrogens (tertiary/aromatic N) is 2. The highest BCUT2D eigenvalue weighted by atomic mass is 16.5. The van der Waals surface area contributed by atoms with Crippen molar-refractivity contribution in [3.8, 4) is 11.4 Å². The highest BCUT2D eigenvalue weighted by Gasteiger charge is 2.16. The third kappa shape index (κ3) is 4.16. The summed E-state index contributed by atoms with van der Waals surface area (Å²) in [6.07, 6.45) is 1.48. The lowest BCUT2D eigenvalue weighted by atomic mass is 10.2. The lowest BCUT2D eigenvalue weighted by molar-refractivity contribution is 0.0526. The fourth-order valence-corrected chi connectivity index (χ4v) is 2.47. The average molecular weight is 348 g/mol. The molecule has 0 bridgehead atoms. The molecule has 0 saturated heterocycles. The van der Waals surface area contributed by atoms with E-state index >= 15 is 0 Å². The summed E-state index contributed by atoms with van der Waals surface area (Å²) in [6, 6.07) is 17.2. The molecule has 0 saturated carbocycles. The van der Waals surface area contributed by atoms with E-state index in [2.05, 4.69) is 15.3 Å². The van der Waals surface area contributed by atoms with Gasteiger partial charge in [0.1, 0.15) is 11.4 Å². The second-order valence-electron chi connectivity index (χ2n) is 5.64. The quantitative estimate of drug-likeness (QED) is 0.523. The number of carbonyl (C=O) groups is 1. The Hall–Kier alpha value is -3.41. The first-order valence-electron chi connectivity index (χ1n) is 8.35. The van der Waals surface area contributed by atoms with Crippen LogP contribution in [-0.2, 0) is 11.3 Å². The van der Waals surface area contributed by atoms with Gasteiger partial charge in [-0.1, -0.05) is 42.5 Å². The number of anilines is 2. The van der Waals surface area contributed by atoms with Gasteiger partial charge in [0.2, 0.25) is 0 Å². The lowest BCUT2D eigenvalue weighted by Crippen LogP contribution is -2.13. The molecular formula is C20H20N4O2. The topological polar surface area (TPSA) is 90.1 Å². The monoisotopic (exact) mass is 348 g/mol. The van der Waals surface area contributed by atoms with Crippen molar-refractivity contribution in [1.82, 2.24) is 9.97 Å². The standard InChI is InChI=1S/C20H20N4O2/c1-2-26-20(25)17-13-23-18(15-9-6-10-16(21)11-15)24-19(17)22-12-14-7-4-3-5-8-14/h3-11,13H,2,12,21H2,1H3,(H,22,23,24). The Morgan fingerprint density at radius 1 is 1.15 bits per heavy atom. The summed E-state index contributed by atoms with van der Waals surface area (Å²) in [6.45, 7) is 2.57. The van der Waals surface area contributed by atoms with E-state index in [1.807, 2.05) is 42.5 Å². The second kappa shape index (κ2) is 8.11. The molecule has 0 atom stereocenters. The normalized spacial score (nSPS) is 10.3. The Labute approximate surface area is 152 Å². The summed E-state index contributed by atoms with van der Waals surface area (Å²) in [5.41, 5.74) is 8.62. The molecular weight excluding hydrogens is 328 g/mol. The van der Waals surface area contributed by atoms with E-state index in [1.54, 1.807) is 19.1 Å². The Morgan fingerprint density at radius 3 is 2.69 bits per heavy atom. The van der Waals surface area contributed by atoms with E-state index < -0.39 is 5.97 Å².